The second kappa shape index (κ2) is 9.57. The molecule has 0 amide bonds. The Balaban J connectivity index is 1.05. The molecule has 4 nitrogen and oxygen atoms in total. The highest BCUT2D eigenvalue weighted by molar-refractivity contribution is 5.82. The number of ether oxygens (including phenoxy) is 2. The van der Waals surface area contributed by atoms with E-state index in [9.17, 15) is 9.59 Å². The molecule has 0 spiro atoms. The molecule has 0 saturated heterocycles. The fourth-order valence-electron chi connectivity index (χ4n) is 13.7. The highest BCUT2D eigenvalue weighted by Crippen LogP contribution is 2.73. The third-order valence-corrected chi connectivity index (χ3v) is 15.1. The van der Waals surface area contributed by atoms with Gasteiger partial charge in [-0.3, -0.25) is 9.59 Å². The molecule has 0 aliphatic heterocycles. The van der Waals surface area contributed by atoms with Crippen LogP contribution in [0.3, 0.4) is 0 Å². The molecule has 9 aliphatic rings. The van der Waals surface area contributed by atoms with Gasteiger partial charge in [-0.25, -0.2) is 0 Å². The number of hydrogen-bond acceptors (Lipinski definition) is 4. The van der Waals surface area contributed by atoms with Gasteiger partial charge >= 0.3 is 11.9 Å². The van der Waals surface area contributed by atoms with Gasteiger partial charge in [0, 0.05) is 65.7 Å². The first-order valence-electron chi connectivity index (χ1n) is 19.3. The molecular formula is C46H42O4. The van der Waals surface area contributed by atoms with Crippen LogP contribution in [0.5, 0.6) is 11.5 Å². The lowest BCUT2D eigenvalue weighted by Crippen LogP contribution is -2.23. The van der Waals surface area contributed by atoms with Gasteiger partial charge in [-0.1, -0.05) is 66.3 Å². The van der Waals surface area contributed by atoms with Crippen LogP contribution in [0.15, 0.2) is 71.8 Å². The van der Waals surface area contributed by atoms with E-state index in [1.54, 1.807) is 30.5 Å². The summed E-state index contributed by atoms with van der Waals surface area (Å²) in [7, 11) is 0. The summed E-state index contributed by atoms with van der Waals surface area (Å²) in [6, 6.07) is 14.1. The van der Waals surface area contributed by atoms with Gasteiger partial charge in [-0.05, 0) is 120 Å². The monoisotopic (exact) mass is 658 g/mol. The lowest BCUT2D eigenvalue weighted by Gasteiger charge is -2.36. The van der Waals surface area contributed by atoms with Crippen molar-refractivity contribution in [2.24, 2.45) is 11.8 Å². The van der Waals surface area contributed by atoms with E-state index < -0.39 is 0 Å². The predicted molar refractivity (Wildman–Crippen MR) is 191 cm³/mol. The standard InChI is InChI=1S/C46H42O4/c1-20-12-29-30(14-23-13-28(20)25-9-5-4-8-24(23)25)38-18-37(29)41-42(38)46(50-22(3)48)44-40-19-39(43(44)45(41)49-21(2)47)35-16-33-31-15-32(34(33)17-36(35)40)27-11-7-6-10-26(27)31/h4-5,8-9,11-12,16-17,23,26,28,30-32,37-40H,1,6-7,10,13-15,18-19H2,2-3H3/b29-12+. The lowest BCUT2D eigenvalue weighted by molar-refractivity contribution is -0.133. The summed E-state index contributed by atoms with van der Waals surface area (Å²) >= 11 is 0. The SMILES string of the molecule is C=C1/C=C2/C3CC(c4c(OC(C)=O)c5c(c(OC(C)=O)c43)C3CC5c4cc5c(cc43)C3CC5C4=CCCCC43)C2CC2CC1c1ccccc12. The van der Waals surface area contributed by atoms with Crippen molar-refractivity contribution < 1.29 is 19.1 Å². The summed E-state index contributed by atoms with van der Waals surface area (Å²) in [6.07, 6.45) is 14.3. The first-order chi connectivity index (χ1) is 24.4. The lowest BCUT2D eigenvalue weighted by atomic mass is 9.69. The average molecular weight is 659 g/mol. The van der Waals surface area contributed by atoms with Crippen LogP contribution in [0, 0.1) is 11.8 Å². The Kier molecular flexibility index (Phi) is 5.46. The fourth-order valence-corrected chi connectivity index (χ4v) is 13.7. The molecule has 2 fully saturated rings. The zero-order valence-electron chi connectivity index (χ0n) is 28.9. The number of allylic oxidation sites excluding steroid dienone is 5. The minimum atomic E-state index is -0.274. The van der Waals surface area contributed by atoms with Crippen molar-refractivity contribution in [3.8, 4) is 11.5 Å². The summed E-state index contributed by atoms with van der Waals surface area (Å²) in [6.45, 7) is 7.76. The molecule has 250 valence electrons. The number of carbonyl (C=O) groups excluding carboxylic acids is 2. The van der Waals surface area contributed by atoms with Gasteiger partial charge in [-0.2, -0.15) is 0 Å². The first kappa shape index (κ1) is 28.5. The van der Waals surface area contributed by atoms with Crippen LogP contribution in [0.25, 0.3) is 0 Å². The molecule has 3 aromatic rings. The highest BCUT2D eigenvalue weighted by atomic mass is 16.5. The van der Waals surface area contributed by atoms with Crippen LogP contribution < -0.4 is 9.47 Å². The number of rotatable bonds is 2. The molecule has 3 aromatic carbocycles. The van der Waals surface area contributed by atoms with Crippen molar-refractivity contribution in [3.63, 3.8) is 0 Å². The molecular weight excluding hydrogens is 617 g/mol. The Hall–Kier alpha value is -4.18. The third kappa shape index (κ3) is 3.40. The van der Waals surface area contributed by atoms with E-state index in [2.05, 4.69) is 55.1 Å². The maximum Gasteiger partial charge on any atom is 0.308 e. The van der Waals surface area contributed by atoms with E-state index in [0.717, 1.165) is 65.4 Å². The van der Waals surface area contributed by atoms with Crippen LogP contribution in [0.4, 0.5) is 0 Å². The molecule has 0 heterocycles. The highest BCUT2D eigenvalue weighted by Gasteiger charge is 2.58. The van der Waals surface area contributed by atoms with Crippen LogP contribution in [-0.2, 0) is 9.59 Å². The maximum absolute atomic E-state index is 13.0. The quantitative estimate of drug-likeness (QED) is 0.156. The zero-order chi connectivity index (χ0) is 33.3. The Morgan fingerprint density at radius 2 is 1.28 bits per heavy atom. The molecule has 10 atom stereocenters. The molecule has 10 unspecified atom stereocenters. The smallest absolute Gasteiger partial charge is 0.308 e. The normalized spacial score (nSPS) is 35.8. The molecule has 9 aliphatic carbocycles. The Morgan fingerprint density at radius 3 is 2.04 bits per heavy atom. The molecule has 0 N–H and O–H groups in total. The molecule has 0 aromatic heterocycles. The van der Waals surface area contributed by atoms with E-state index in [-0.39, 0.29) is 35.6 Å². The fraction of sp³-hybridized carbons (Fsp3) is 0.435. The van der Waals surface area contributed by atoms with E-state index in [0.29, 0.717) is 29.6 Å². The minimum Gasteiger partial charge on any atom is -0.426 e. The van der Waals surface area contributed by atoms with Gasteiger partial charge < -0.3 is 9.47 Å². The zero-order valence-corrected chi connectivity index (χ0v) is 28.9. The number of benzene rings is 3. The second-order valence-corrected chi connectivity index (χ2v) is 17.2. The molecule has 0 radical (unpaired) electrons. The summed E-state index contributed by atoms with van der Waals surface area (Å²) in [5.74, 6) is 4.81. The van der Waals surface area contributed by atoms with Crippen LogP contribution >= 0.6 is 0 Å². The summed E-state index contributed by atoms with van der Waals surface area (Å²) in [5, 5.41) is 0. The summed E-state index contributed by atoms with van der Waals surface area (Å²) < 4.78 is 12.9. The third-order valence-electron chi connectivity index (χ3n) is 15.1. The predicted octanol–water partition coefficient (Wildman–Crippen LogP) is 10.2. The van der Waals surface area contributed by atoms with Gasteiger partial charge in [0.1, 0.15) is 11.5 Å². The molecule has 50 heavy (non-hydrogen) atoms. The van der Waals surface area contributed by atoms with Crippen molar-refractivity contribution in [2.45, 2.75) is 113 Å². The van der Waals surface area contributed by atoms with E-state index in [1.165, 1.54) is 59.1 Å². The second-order valence-electron chi connectivity index (χ2n) is 17.2. The van der Waals surface area contributed by atoms with Crippen molar-refractivity contribution in [3.05, 3.63) is 127 Å². The molecule has 4 heteroatoms. The molecule has 12 rings (SSSR count). The maximum atomic E-state index is 13.0. The Labute approximate surface area is 293 Å². The van der Waals surface area contributed by atoms with E-state index >= 15 is 0 Å². The van der Waals surface area contributed by atoms with Crippen molar-refractivity contribution in [1.29, 1.82) is 0 Å². The van der Waals surface area contributed by atoms with Crippen molar-refractivity contribution >= 4 is 11.9 Å². The molecule has 8 bridgehead atoms. The van der Waals surface area contributed by atoms with Crippen LogP contribution in [0.2, 0.25) is 0 Å². The van der Waals surface area contributed by atoms with Gasteiger partial charge in [0.05, 0.1) is 0 Å². The minimum absolute atomic E-state index is 0.136. The number of carbonyl (C=O) groups is 2. The van der Waals surface area contributed by atoms with Gasteiger partial charge in [-0.15, -0.1) is 0 Å². The Bertz CT molecular complexity index is 2230. The van der Waals surface area contributed by atoms with Crippen LogP contribution in [-0.4, -0.2) is 11.9 Å². The number of hydrogen-bond donors (Lipinski definition) is 0. The topological polar surface area (TPSA) is 52.6 Å². The number of fused-ring (bicyclic) bond motifs is 29. The largest absolute Gasteiger partial charge is 0.426 e. The van der Waals surface area contributed by atoms with Crippen LogP contribution in [0.1, 0.15) is 168 Å². The van der Waals surface area contributed by atoms with E-state index in [1.807, 2.05) is 0 Å². The summed E-state index contributed by atoms with van der Waals surface area (Å²) in [5.41, 5.74) is 17.8. The number of esters is 2. The Morgan fingerprint density at radius 1 is 0.620 bits per heavy atom. The van der Waals surface area contributed by atoms with Crippen molar-refractivity contribution in [1.82, 2.24) is 0 Å². The van der Waals surface area contributed by atoms with Gasteiger partial charge in [0.25, 0.3) is 0 Å². The van der Waals surface area contributed by atoms with E-state index in [4.69, 9.17) is 9.47 Å². The first-order valence-corrected chi connectivity index (χ1v) is 19.3. The van der Waals surface area contributed by atoms with Crippen molar-refractivity contribution in [2.75, 3.05) is 0 Å². The van der Waals surface area contributed by atoms with Gasteiger partial charge in [0.2, 0.25) is 0 Å². The summed E-state index contributed by atoms with van der Waals surface area (Å²) in [4.78, 5) is 26.1. The molecule has 2 saturated carbocycles. The van der Waals surface area contributed by atoms with Gasteiger partial charge in [0.15, 0.2) is 0 Å². The average Bonchev–Trinajstić information content (AvgIpc) is 3.96.